The molecule has 0 radical (unpaired) electrons. The summed E-state index contributed by atoms with van der Waals surface area (Å²) < 4.78 is 0. The molecule has 50 valence electrons. The molecule has 1 aromatic heterocycles. The molecule has 9 heavy (non-hydrogen) atoms. The molecule has 3 nitrogen and oxygen atoms in total. The van der Waals surface area contributed by atoms with E-state index in [-0.39, 0.29) is 0 Å². The van der Waals surface area contributed by atoms with Gasteiger partial charge in [0.25, 0.3) is 0 Å². The zero-order valence-electron chi connectivity index (χ0n) is 5.22. The van der Waals surface area contributed by atoms with Crippen molar-refractivity contribution < 1.29 is 0 Å². The van der Waals surface area contributed by atoms with Crippen LogP contribution in [0.3, 0.4) is 0 Å². The van der Waals surface area contributed by atoms with Gasteiger partial charge in [-0.2, -0.15) is 0 Å². The summed E-state index contributed by atoms with van der Waals surface area (Å²) in [6.45, 7) is 2.41. The van der Waals surface area contributed by atoms with Gasteiger partial charge in [-0.3, -0.25) is 0 Å². The second-order valence-electron chi connectivity index (χ2n) is 1.75. The van der Waals surface area contributed by atoms with Crippen molar-refractivity contribution in [2.75, 3.05) is 5.73 Å². The van der Waals surface area contributed by atoms with Crippen LogP contribution in [0.5, 0.6) is 0 Å². The fourth-order valence-electron chi connectivity index (χ4n) is 0.632. The zero-order chi connectivity index (χ0) is 6.85. The third kappa shape index (κ3) is 1.20. The van der Waals surface area contributed by atoms with E-state index in [1.54, 1.807) is 11.3 Å². The maximum atomic E-state index is 5.47. The van der Waals surface area contributed by atoms with Crippen LogP contribution in [0.15, 0.2) is 0 Å². The third-order valence-electron chi connectivity index (χ3n) is 1.02. The van der Waals surface area contributed by atoms with E-state index in [1.165, 1.54) is 0 Å². The summed E-state index contributed by atoms with van der Waals surface area (Å²) >= 11 is 1.55. The SMILES string of the molecule is Cc1nc(N)c(CN)s1. The summed E-state index contributed by atoms with van der Waals surface area (Å²) in [5, 5.41) is 0.980. The average Bonchev–Trinajstić information content (AvgIpc) is 2.10. The largest absolute Gasteiger partial charge is 0.383 e. The molecule has 0 fully saturated rings. The number of anilines is 1. The molecule has 0 saturated carbocycles. The Morgan fingerprint density at radius 1 is 1.67 bits per heavy atom. The van der Waals surface area contributed by atoms with Gasteiger partial charge in [-0.1, -0.05) is 0 Å². The maximum absolute atomic E-state index is 5.47. The minimum atomic E-state index is 0.497. The summed E-state index contributed by atoms with van der Waals surface area (Å²) in [5.74, 6) is 0.583. The normalized spacial score (nSPS) is 10.0. The minimum Gasteiger partial charge on any atom is -0.383 e. The summed E-state index contributed by atoms with van der Waals surface area (Å²) in [7, 11) is 0. The molecule has 0 atom stereocenters. The van der Waals surface area contributed by atoms with Crippen LogP contribution in [0.1, 0.15) is 9.88 Å². The Morgan fingerprint density at radius 2 is 2.33 bits per heavy atom. The lowest BCUT2D eigenvalue weighted by molar-refractivity contribution is 1.10. The van der Waals surface area contributed by atoms with Gasteiger partial charge in [-0.05, 0) is 6.92 Å². The summed E-state index contributed by atoms with van der Waals surface area (Å²) in [6.07, 6.45) is 0. The van der Waals surface area contributed by atoms with Crippen molar-refractivity contribution in [1.29, 1.82) is 0 Å². The minimum absolute atomic E-state index is 0.497. The van der Waals surface area contributed by atoms with Crippen molar-refractivity contribution in [1.82, 2.24) is 4.98 Å². The highest BCUT2D eigenvalue weighted by Crippen LogP contribution is 2.18. The summed E-state index contributed by atoms with van der Waals surface area (Å²) in [5.41, 5.74) is 10.8. The van der Waals surface area contributed by atoms with Crippen LogP contribution in [0.4, 0.5) is 5.82 Å². The lowest BCUT2D eigenvalue weighted by atomic mass is 10.5. The second-order valence-corrected chi connectivity index (χ2v) is 3.03. The zero-order valence-corrected chi connectivity index (χ0v) is 6.03. The van der Waals surface area contributed by atoms with Crippen molar-refractivity contribution in [3.8, 4) is 0 Å². The average molecular weight is 143 g/mol. The topological polar surface area (TPSA) is 64.9 Å². The third-order valence-corrected chi connectivity index (χ3v) is 2.03. The van der Waals surface area contributed by atoms with Crippen molar-refractivity contribution >= 4 is 17.2 Å². The number of nitrogens with zero attached hydrogens (tertiary/aromatic N) is 1. The standard InChI is InChI=1S/C5H9N3S/c1-3-8-5(7)4(2-6)9-3/h2,6-7H2,1H3. The Balaban J connectivity index is 3.01. The quantitative estimate of drug-likeness (QED) is 0.601. The molecular weight excluding hydrogens is 134 g/mol. The summed E-state index contributed by atoms with van der Waals surface area (Å²) in [6, 6.07) is 0. The number of rotatable bonds is 1. The first-order valence-electron chi connectivity index (χ1n) is 2.66. The number of nitrogens with two attached hydrogens (primary N) is 2. The van der Waals surface area contributed by atoms with Gasteiger partial charge < -0.3 is 11.5 Å². The highest BCUT2D eigenvalue weighted by atomic mass is 32.1. The van der Waals surface area contributed by atoms with Crippen LogP contribution in [-0.2, 0) is 6.54 Å². The Labute approximate surface area is 57.7 Å². The Hall–Kier alpha value is -0.610. The fraction of sp³-hybridized carbons (Fsp3) is 0.400. The van der Waals surface area contributed by atoms with Gasteiger partial charge in [0.15, 0.2) is 0 Å². The molecule has 1 aromatic rings. The first-order valence-corrected chi connectivity index (χ1v) is 3.47. The molecule has 1 heterocycles. The van der Waals surface area contributed by atoms with E-state index in [0.29, 0.717) is 12.4 Å². The lowest BCUT2D eigenvalue weighted by Gasteiger charge is -1.86. The smallest absolute Gasteiger partial charge is 0.139 e. The van der Waals surface area contributed by atoms with E-state index in [4.69, 9.17) is 11.5 Å². The predicted molar refractivity (Wildman–Crippen MR) is 39.2 cm³/mol. The molecule has 0 aromatic carbocycles. The molecule has 4 N–H and O–H groups in total. The van der Waals surface area contributed by atoms with Crippen LogP contribution < -0.4 is 11.5 Å². The Kier molecular flexibility index (Phi) is 1.68. The number of thiazole rings is 1. The maximum Gasteiger partial charge on any atom is 0.139 e. The molecule has 0 spiro atoms. The number of aromatic nitrogens is 1. The van der Waals surface area contributed by atoms with Crippen LogP contribution >= 0.6 is 11.3 Å². The van der Waals surface area contributed by atoms with Crippen molar-refractivity contribution in [3.05, 3.63) is 9.88 Å². The van der Waals surface area contributed by atoms with Crippen LogP contribution in [-0.4, -0.2) is 4.98 Å². The van der Waals surface area contributed by atoms with Gasteiger partial charge in [0.1, 0.15) is 5.82 Å². The van der Waals surface area contributed by atoms with Crippen LogP contribution in [0.25, 0.3) is 0 Å². The van der Waals surface area contributed by atoms with Gasteiger partial charge in [-0.25, -0.2) is 4.98 Å². The number of nitrogen functional groups attached to an aromatic ring is 1. The number of hydrogen-bond donors (Lipinski definition) is 2. The lowest BCUT2D eigenvalue weighted by Crippen LogP contribution is -1.97. The Bertz CT molecular complexity index is 206. The van der Waals surface area contributed by atoms with Crippen LogP contribution in [0.2, 0.25) is 0 Å². The first-order chi connectivity index (χ1) is 4.24. The first kappa shape index (κ1) is 6.51. The summed E-state index contributed by atoms with van der Waals surface area (Å²) in [4.78, 5) is 4.98. The molecule has 1 rings (SSSR count). The molecule has 0 unspecified atom stereocenters. The van der Waals surface area contributed by atoms with E-state index in [2.05, 4.69) is 4.98 Å². The van der Waals surface area contributed by atoms with Gasteiger partial charge >= 0.3 is 0 Å². The molecule has 0 aliphatic rings. The van der Waals surface area contributed by atoms with Crippen molar-refractivity contribution in [2.45, 2.75) is 13.5 Å². The van der Waals surface area contributed by atoms with Gasteiger partial charge in [0.2, 0.25) is 0 Å². The second kappa shape index (κ2) is 2.33. The molecule has 0 aliphatic heterocycles. The molecule has 0 aliphatic carbocycles. The van der Waals surface area contributed by atoms with E-state index < -0.39 is 0 Å². The molecular formula is C5H9N3S. The number of aryl methyl sites for hydroxylation is 1. The van der Waals surface area contributed by atoms with Crippen molar-refractivity contribution in [2.24, 2.45) is 5.73 Å². The molecule has 0 amide bonds. The van der Waals surface area contributed by atoms with Crippen LogP contribution in [0, 0.1) is 6.92 Å². The van der Waals surface area contributed by atoms with Gasteiger partial charge in [0.05, 0.1) is 9.88 Å². The van der Waals surface area contributed by atoms with E-state index in [9.17, 15) is 0 Å². The van der Waals surface area contributed by atoms with Crippen molar-refractivity contribution in [3.63, 3.8) is 0 Å². The Morgan fingerprint density at radius 3 is 2.56 bits per heavy atom. The molecule has 0 bridgehead atoms. The predicted octanol–water partition coefficient (Wildman–Crippen LogP) is 0.492. The molecule has 0 saturated heterocycles. The van der Waals surface area contributed by atoms with Gasteiger partial charge in [-0.15, -0.1) is 11.3 Å². The highest BCUT2D eigenvalue weighted by Gasteiger charge is 2.00. The monoisotopic (exact) mass is 143 g/mol. The van der Waals surface area contributed by atoms with E-state index in [1.807, 2.05) is 6.92 Å². The number of hydrogen-bond acceptors (Lipinski definition) is 4. The fourth-order valence-corrected chi connectivity index (χ4v) is 1.37. The van der Waals surface area contributed by atoms with E-state index in [0.717, 1.165) is 9.88 Å². The van der Waals surface area contributed by atoms with E-state index >= 15 is 0 Å². The molecule has 4 heteroatoms. The highest BCUT2D eigenvalue weighted by molar-refractivity contribution is 7.12. The van der Waals surface area contributed by atoms with Gasteiger partial charge in [0, 0.05) is 6.54 Å².